The van der Waals surface area contributed by atoms with Gasteiger partial charge in [0.05, 0.1) is 11.9 Å². The molecule has 1 N–H and O–H groups in total. The van der Waals surface area contributed by atoms with E-state index < -0.39 is 6.04 Å². The van der Waals surface area contributed by atoms with Crippen LogP contribution in [-0.2, 0) is 16.1 Å². The van der Waals surface area contributed by atoms with Crippen molar-refractivity contribution >= 4 is 35.3 Å². The molecule has 1 saturated heterocycles. The number of hydrogen-bond acceptors (Lipinski definition) is 4. The summed E-state index contributed by atoms with van der Waals surface area (Å²) in [5.74, 6) is 0.254. The van der Waals surface area contributed by atoms with Gasteiger partial charge in [-0.2, -0.15) is 5.10 Å². The third kappa shape index (κ3) is 3.30. The summed E-state index contributed by atoms with van der Waals surface area (Å²) >= 11 is 5.91. The van der Waals surface area contributed by atoms with Crippen LogP contribution in [0.3, 0.4) is 0 Å². The molecule has 7 nitrogen and oxygen atoms in total. The Labute approximate surface area is 168 Å². The van der Waals surface area contributed by atoms with E-state index in [1.165, 1.54) is 0 Å². The summed E-state index contributed by atoms with van der Waals surface area (Å²) in [4.78, 5) is 32.0. The second-order valence-electron chi connectivity index (χ2n) is 7.38. The smallest absolute Gasteiger partial charge is 0.248 e. The first-order valence-electron chi connectivity index (χ1n) is 9.37. The highest BCUT2D eigenvalue weighted by molar-refractivity contribution is 6.29. The Kier molecular flexibility index (Phi) is 4.93. The Morgan fingerprint density at radius 2 is 2.21 bits per heavy atom. The number of hydrogen-bond donors (Lipinski definition) is 1. The summed E-state index contributed by atoms with van der Waals surface area (Å²) in [6, 6.07) is 4.67. The highest BCUT2D eigenvalue weighted by Crippen LogP contribution is 2.43. The molecule has 0 radical (unpaired) electrons. The lowest BCUT2D eigenvalue weighted by Gasteiger charge is -2.34. The molecule has 2 bridgehead atoms. The Morgan fingerprint density at radius 1 is 1.39 bits per heavy atom. The molecule has 2 amide bonds. The van der Waals surface area contributed by atoms with Gasteiger partial charge in [0.15, 0.2) is 0 Å². The number of fused-ring (bicyclic) bond motifs is 2. The van der Waals surface area contributed by atoms with E-state index in [0.29, 0.717) is 11.0 Å². The number of rotatable bonds is 5. The van der Waals surface area contributed by atoms with Crippen LogP contribution in [0, 0.1) is 12.8 Å². The zero-order chi connectivity index (χ0) is 19.8. The van der Waals surface area contributed by atoms with Crippen LogP contribution in [-0.4, -0.2) is 43.6 Å². The lowest BCUT2D eigenvalue weighted by Crippen LogP contribution is -2.52. The first-order valence-corrected chi connectivity index (χ1v) is 9.75. The molecule has 0 spiro atoms. The lowest BCUT2D eigenvalue weighted by molar-refractivity contribution is -0.141. The average Bonchev–Trinajstić information content (AvgIpc) is 3.36. The maximum atomic E-state index is 13.1. The minimum Gasteiger partial charge on any atom is -0.326 e. The number of aromatic nitrogens is 3. The summed E-state index contributed by atoms with van der Waals surface area (Å²) in [7, 11) is 0. The van der Waals surface area contributed by atoms with Gasteiger partial charge in [0.2, 0.25) is 11.8 Å². The predicted octanol–water partition coefficient (Wildman–Crippen LogP) is 2.90. The number of nitrogens with zero attached hydrogens (tertiary/aromatic N) is 4. The number of likely N-dealkylation sites (tertiary alicyclic amines) is 1. The Bertz CT molecular complexity index is 940. The Balaban J connectivity index is 1.54. The fraction of sp³-hybridized carbons (Fsp3) is 0.400. The molecule has 0 aromatic carbocycles. The summed E-state index contributed by atoms with van der Waals surface area (Å²) in [5, 5.41) is 7.41. The van der Waals surface area contributed by atoms with E-state index in [1.807, 2.05) is 6.92 Å². The van der Waals surface area contributed by atoms with Gasteiger partial charge in [-0.05, 0) is 55.9 Å². The standard InChI is InChI=1S/C20H22ClN5O2/c1-3-15-12(2)10-22-25(15)11-18(27)26-14-8-7-13(9-14)19(26)20(28)24-17-6-4-5-16(21)23-17/h3-6,10,13-14,19H,1,7-9,11H2,2H3,(H,23,24,28). The zero-order valence-corrected chi connectivity index (χ0v) is 16.4. The largest absolute Gasteiger partial charge is 0.326 e. The second-order valence-corrected chi connectivity index (χ2v) is 7.77. The first-order chi connectivity index (χ1) is 13.5. The third-order valence-corrected chi connectivity index (χ3v) is 5.87. The van der Waals surface area contributed by atoms with Crippen molar-refractivity contribution in [1.29, 1.82) is 0 Å². The van der Waals surface area contributed by atoms with Crippen molar-refractivity contribution in [3.05, 3.63) is 47.4 Å². The van der Waals surface area contributed by atoms with Gasteiger partial charge in [-0.15, -0.1) is 0 Å². The summed E-state index contributed by atoms with van der Waals surface area (Å²) < 4.78 is 1.64. The van der Waals surface area contributed by atoms with Crippen molar-refractivity contribution < 1.29 is 9.59 Å². The van der Waals surface area contributed by atoms with Crippen LogP contribution in [0.1, 0.15) is 30.5 Å². The lowest BCUT2D eigenvalue weighted by atomic mass is 9.97. The summed E-state index contributed by atoms with van der Waals surface area (Å²) in [5.41, 5.74) is 1.79. The van der Waals surface area contributed by atoms with E-state index in [1.54, 1.807) is 40.1 Å². The number of amides is 2. The first kappa shape index (κ1) is 18.7. The molecule has 3 unspecified atom stereocenters. The minimum absolute atomic E-state index is 0.0948. The van der Waals surface area contributed by atoms with Gasteiger partial charge in [0.25, 0.3) is 0 Å². The molecule has 2 fully saturated rings. The van der Waals surface area contributed by atoms with Crippen LogP contribution in [0.4, 0.5) is 5.82 Å². The predicted molar refractivity (Wildman–Crippen MR) is 107 cm³/mol. The third-order valence-electron chi connectivity index (χ3n) is 5.66. The number of nitrogens with one attached hydrogen (secondary N) is 1. The minimum atomic E-state index is -0.490. The number of carbonyl (C=O) groups excluding carboxylic acids is 2. The quantitative estimate of drug-likeness (QED) is 0.784. The van der Waals surface area contributed by atoms with Crippen molar-refractivity contribution in [2.24, 2.45) is 5.92 Å². The van der Waals surface area contributed by atoms with Gasteiger partial charge in [-0.25, -0.2) is 4.98 Å². The van der Waals surface area contributed by atoms with Crippen LogP contribution in [0.5, 0.6) is 0 Å². The highest BCUT2D eigenvalue weighted by atomic mass is 35.5. The number of halogens is 1. The second kappa shape index (κ2) is 7.39. The fourth-order valence-corrected chi connectivity index (χ4v) is 4.62. The van der Waals surface area contributed by atoms with Gasteiger partial charge in [-0.1, -0.05) is 24.2 Å². The van der Waals surface area contributed by atoms with E-state index in [4.69, 9.17) is 11.6 Å². The molecular weight excluding hydrogens is 378 g/mol. The van der Waals surface area contributed by atoms with Crippen molar-refractivity contribution in [3.63, 3.8) is 0 Å². The number of anilines is 1. The van der Waals surface area contributed by atoms with Crippen molar-refractivity contribution in [2.75, 3.05) is 5.32 Å². The van der Waals surface area contributed by atoms with E-state index in [2.05, 4.69) is 22.0 Å². The van der Waals surface area contributed by atoms with Crippen LogP contribution < -0.4 is 5.32 Å². The number of pyridine rings is 1. The molecule has 4 rings (SSSR count). The maximum absolute atomic E-state index is 13.1. The molecule has 2 aromatic heterocycles. The molecule has 1 saturated carbocycles. The normalized spacial score (nSPS) is 23.1. The fourth-order valence-electron chi connectivity index (χ4n) is 4.45. The zero-order valence-electron chi connectivity index (χ0n) is 15.6. The molecule has 1 aliphatic heterocycles. The Hall–Kier alpha value is -2.67. The van der Waals surface area contributed by atoms with E-state index >= 15 is 0 Å². The molecule has 3 heterocycles. The number of aryl methyl sites for hydroxylation is 1. The summed E-state index contributed by atoms with van der Waals surface area (Å²) in [6.45, 7) is 5.82. The topological polar surface area (TPSA) is 80.1 Å². The maximum Gasteiger partial charge on any atom is 0.248 e. The van der Waals surface area contributed by atoms with Gasteiger partial charge >= 0.3 is 0 Å². The van der Waals surface area contributed by atoms with Gasteiger partial charge < -0.3 is 10.2 Å². The molecule has 1 aliphatic carbocycles. The summed E-state index contributed by atoms with van der Waals surface area (Å²) in [6.07, 6.45) is 6.16. The highest BCUT2D eigenvalue weighted by Gasteiger charge is 2.51. The van der Waals surface area contributed by atoms with Crippen molar-refractivity contribution in [1.82, 2.24) is 19.7 Å². The van der Waals surface area contributed by atoms with Crippen LogP contribution >= 0.6 is 11.6 Å². The van der Waals surface area contributed by atoms with Crippen molar-refractivity contribution in [3.8, 4) is 0 Å². The monoisotopic (exact) mass is 399 g/mol. The molecule has 146 valence electrons. The SMILES string of the molecule is C=Cc1c(C)cnn1CC(=O)N1C2CCC(C2)C1C(=O)Nc1cccc(Cl)n1. The molecule has 2 aliphatic rings. The van der Waals surface area contributed by atoms with E-state index in [0.717, 1.165) is 30.5 Å². The molecule has 28 heavy (non-hydrogen) atoms. The van der Waals surface area contributed by atoms with Gasteiger partial charge in [0.1, 0.15) is 23.6 Å². The van der Waals surface area contributed by atoms with E-state index in [9.17, 15) is 9.59 Å². The number of piperidine rings is 1. The Morgan fingerprint density at radius 3 is 2.96 bits per heavy atom. The molecule has 3 atom stereocenters. The van der Waals surface area contributed by atoms with Crippen molar-refractivity contribution in [2.45, 2.75) is 44.8 Å². The molecule has 8 heteroatoms. The van der Waals surface area contributed by atoms with Crippen LogP contribution in [0.15, 0.2) is 31.0 Å². The van der Waals surface area contributed by atoms with E-state index in [-0.39, 0.29) is 30.3 Å². The average molecular weight is 400 g/mol. The molecule has 2 aromatic rings. The molecular formula is C20H22ClN5O2. The number of carbonyl (C=O) groups is 2. The van der Waals surface area contributed by atoms with Gasteiger partial charge in [-0.3, -0.25) is 14.3 Å². The van der Waals surface area contributed by atoms with Crippen LogP contribution in [0.2, 0.25) is 5.15 Å². The van der Waals surface area contributed by atoms with Gasteiger partial charge in [0, 0.05) is 6.04 Å². The van der Waals surface area contributed by atoms with Crippen LogP contribution in [0.25, 0.3) is 6.08 Å².